The molecule has 0 unspecified atom stereocenters. The highest BCUT2D eigenvalue weighted by Gasteiger charge is 2.06. The van der Waals surface area contributed by atoms with Crippen LogP contribution >= 0.6 is 0 Å². The van der Waals surface area contributed by atoms with Crippen molar-refractivity contribution in [1.29, 1.82) is 0 Å². The van der Waals surface area contributed by atoms with Gasteiger partial charge in [-0.15, -0.1) is 4.91 Å². The zero-order chi connectivity index (χ0) is 15.1. The van der Waals surface area contributed by atoms with Crippen LogP contribution in [0.4, 0.5) is 17.1 Å². The van der Waals surface area contributed by atoms with Gasteiger partial charge in [0.25, 0.3) is 0 Å². The lowest BCUT2D eigenvalue weighted by Gasteiger charge is -2.11. The van der Waals surface area contributed by atoms with Crippen LogP contribution in [0, 0.1) is 4.91 Å². The molecule has 5 nitrogen and oxygen atoms in total. The number of nitroso groups, excluding NO2 is 1. The van der Waals surface area contributed by atoms with Gasteiger partial charge < -0.3 is 14.8 Å². The summed E-state index contributed by atoms with van der Waals surface area (Å²) in [6.07, 6.45) is 0. The van der Waals surface area contributed by atoms with Gasteiger partial charge in [-0.05, 0) is 55.4 Å². The number of ether oxygens (including phenoxy) is 2. The Morgan fingerprint density at radius 3 is 2.19 bits per heavy atom. The van der Waals surface area contributed by atoms with Gasteiger partial charge in [0.05, 0.1) is 18.9 Å². The van der Waals surface area contributed by atoms with Gasteiger partial charge in [-0.1, -0.05) is 0 Å². The third-order valence-corrected chi connectivity index (χ3v) is 2.82. The van der Waals surface area contributed by atoms with E-state index in [0.717, 1.165) is 11.4 Å². The van der Waals surface area contributed by atoms with E-state index in [0.29, 0.717) is 30.3 Å². The number of anilines is 2. The molecule has 0 saturated carbocycles. The third-order valence-electron chi connectivity index (χ3n) is 2.82. The van der Waals surface area contributed by atoms with Gasteiger partial charge in [0.15, 0.2) is 0 Å². The predicted molar refractivity (Wildman–Crippen MR) is 84.0 cm³/mol. The van der Waals surface area contributed by atoms with Crippen LogP contribution in [-0.4, -0.2) is 13.2 Å². The van der Waals surface area contributed by atoms with Crippen LogP contribution in [0.2, 0.25) is 0 Å². The molecule has 5 heteroatoms. The number of hydrogen-bond acceptors (Lipinski definition) is 5. The maximum atomic E-state index is 10.9. The molecule has 110 valence electrons. The summed E-state index contributed by atoms with van der Waals surface area (Å²) in [4.78, 5) is 10.9. The smallest absolute Gasteiger partial charge is 0.135 e. The Bertz CT molecular complexity index is 597. The average molecular weight is 286 g/mol. The molecule has 0 aliphatic heterocycles. The van der Waals surface area contributed by atoms with E-state index in [1.165, 1.54) is 0 Å². The summed E-state index contributed by atoms with van der Waals surface area (Å²) in [6.45, 7) is 5.00. The number of hydrogen-bond donors (Lipinski definition) is 1. The van der Waals surface area contributed by atoms with Crippen molar-refractivity contribution >= 4 is 17.1 Å². The number of rotatable bonds is 7. The normalized spacial score (nSPS) is 10.0. The van der Waals surface area contributed by atoms with Crippen LogP contribution in [0.25, 0.3) is 0 Å². The molecule has 0 aromatic heterocycles. The molecule has 21 heavy (non-hydrogen) atoms. The lowest BCUT2D eigenvalue weighted by Crippen LogP contribution is -1.95. The molecule has 2 aromatic rings. The van der Waals surface area contributed by atoms with E-state index in [1.54, 1.807) is 18.2 Å². The van der Waals surface area contributed by atoms with Gasteiger partial charge >= 0.3 is 0 Å². The average Bonchev–Trinajstić information content (AvgIpc) is 2.51. The van der Waals surface area contributed by atoms with E-state index in [2.05, 4.69) is 10.5 Å². The van der Waals surface area contributed by atoms with E-state index >= 15 is 0 Å². The molecular formula is C16H18N2O3. The van der Waals surface area contributed by atoms with E-state index in [9.17, 15) is 4.91 Å². The second-order valence-electron chi connectivity index (χ2n) is 4.29. The molecule has 0 spiro atoms. The lowest BCUT2D eigenvalue weighted by molar-refractivity contribution is 0.340. The van der Waals surface area contributed by atoms with E-state index in [4.69, 9.17) is 9.47 Å². The van der Waals surface area contributed by atoms with Gasteiger partial charge in [-0.25, -0.2) is 0 Å². The highest BCUT2D eigenvalue weighted by molar-refractivity contribution is 5.73. The first-order chi connectivity index (χ1) is 10.3. The minimum atomic E-state index is 0.315. The predicted octanol–water partition coefficient (Wildman–Crippen LogP) is 4.63. The van der Waals surface area contributed by atoms with Crippen LogP contribution in [0.3, 0.4) is 0 Å². The van der Waals surface area contributed by atoms with Gasteiger partial charge in [-0.2, -0.15) is 0 Å². The van der Waals surface area contributed by atoms with Crippen LogP contribution in [0.1, 0.15) is 13.8 Å². The van der Waals surface area contributed by atoms with Crippen molar-refractivity contribution in [3.8, 4) is 11.5 Å². The van der Waals surface area contributed by atoms with Crippen LogP contribution in [0.15, 0.2) is 47.6 Å². The summed E-state index contributed by atoms with van der Waals surface area (Å²) < 4.78 is 10.7. The molecule has 0 aliphatic carbocycles. The molecule has 0 heterocycles. The summed E-state index contributed by atoms with van der Waals surface area (Å²) in [5.74, 6) is 1.44. The fourth-order valence-electron chi connectivity index (χ4n) is 1.91. The molecule has 0 radical (unpaired) electrons. The zero-order valence-electron chi connectivity index (χ0n) is 12.1. The fourth-order valence-corrected chi connectivity index (χ4v) is 1.91. The molecule has 2 aromatic carbocycles. The maximum Gasteiger partial charge on any atom is 0.135 e. The Morgan fingerprint density at radius 1 is 0.952 bits per heavy atom. The minimum Gasteiger partial charge on any atom is -0.494 e. The Kier molecular flexibility index (Phi) is 5.15. The molecule has 1 N–H and O–H groups in total. The topological polar surface area (TPSA) is 59.9 Å². The quantitative estimate of drug-likeness (QED) is 0.754. The summed E-state index contributed by atoms with van der Waals surface area (Å²) >= 11 is 0. The van der Waals surface area contributed by atoms with Crippen molar-refractivity contribution in [1.82, 2.24) is 0 Å². The summed E-state index contributed by atoms with van der Waals surface area (Å²) in [5.41, 5.74) is 1.81. The first-order valence-corrected chi connectivity index (χ1v) is 6.87. The monoisotopic (exact) mass is 286 g/mol. The van der Waals surface area contributed by atoms with Gasteiger partial charge in [0, 0.05) is 11.8 Å². The molecule has 0 atom stereocenters. The fraction of sp³-hybridized carbons (Fsp3) is 0.250. The van der Waals surface area contributed by atoms with E-state index in [1.807, 2.05) is 38.1 Å². The number of nitrogens with zero attached hydrogens (tertiary/aromatic N) is 1. The van der Waals surface area contributed by atoms with Crippen molar-refractivity contribution in [2.45, 2.75) is 13.8 Å². The third kappa shape index (κ3) is 3.95. The molecule has 0 saturated heterocycles. The van der Waals surface area contributed by atoms with Gasteiger partial charge in [-0.3, -0.25) is 0 Å². The largest absolute Gasteiger partial charge is 0.494 e. The SMILES string of the molecule is CCOc1ccc(Nc2ccc(OCC)cc2N=O)cc1. The first kappa shape index (κ1) is 14.8. The Balaban J connectivity index is 2.16. The lowest BCUT2D eigenvalue weighted by atomic mass is 10.2. The van der Waals surface area contributed by atoms with E-state index < -0.39 is 0 Å². The van der Waals surface area contributed by atoms with Gasteiger partial charge in [0.2, 0.25) is 0 Å². The Hall–Kier alpha value is -2.56. The van der Waals surface area contributed by atoms with Crippen molar-refractivity contribution < 1.29 is 9.47 Å². The maximum absolute atomic E-state index is 10.9. The zero-order valence-corrected chi connectivity index (χ0v) is 12.1. The second kappa shape index (κ2) is 7.28. The summed E-state index contributed by atoms with van der Waals surface area (Å²) in [7, 11) is 0. The van der Waals surface area contributed by atoms with Crippen LogP contribution in [0.5, 0.6) is 11.5 Å². The van der Waals surface area contributed by atoms with Crippen LogP contribution in [-0.2, 0) is 0 Å². The van der Waals surface area contributed by atoms with Crippen LogP contribution < -0.4 is 14.8 Å². The molecule has 2 rings (SSSR count). The van der Waals surface area contributed by atoms with Crippen molar-refractivity contribution in [3.05, 3.63) is 47.4 Å². The highest BCUT2D eigenvalue weighted by atomic mass is 16.5. The van der Waals surface area contributed by atoms with Crippen molar-refractivity contribution in [2.75, 3.05) is 18.5 Å². The number of nitrogens with one attached hydrogen (secondary N) is 1. The molecule has 0 aliphatic rings. The summed E-state index contributed by atoms with van der Waals surface area (Å²) in [5, 5.41) is 6.20. The van der Waals surface area contributed by atoms with E-state index in [-0.39, 0.29) is 0 Å². The second-order valence-corrected chi connectivity index (χ2v) is 4.29. The Labute approximate surface area is 123 Å². The highest BCUT2D eigenvalue weighted by Crippen LogP contribution is 2.32. The number of benzene rings is 2. The van der Waals surface area contributed by atoms with Crippen molar-refractivity contribution in [3.63, 3.8) is 0 Å². The molecule has 0 bridgehead atoms. The molecular weight excluding hydrogens is 268 g/mol. The standard InChI is InChI=1S/C16H18N2O3/c1-3-20-13-7-5-12(6-8-13)17-15-10-9-14(21-4-2)11-16(15)18-19/h5-11,17H,3-4H2,1-2H3. The first-order valence-electron chi connectivity index (χ1n) is 6.87. The Morgan fingerprint density at radius 2 is 1.57 bits per heavy atom. The summed E-state index contributed by atoms with van der Waals surface area (Å²) in [6, 6.07) is 12.7. The molecule has 0 fully saturated rings. The van der Waals surface area contributed by atoms with Gasteiger partial charge in [0.1, 0.15) is 17.2 Å². The minimum absolute atomic E-state index is 0.315. The van der Waals surface area contributed by atoms with Crippen molar-refractivity contribution in [2.24, 2.45) is 5.18 Å². The molecule has 0 amide bonds.